The number of rotatable bonds is 6. The predicted molar refractivity (Wildman–Crippen MR) is 110 cm³/mol. The van der Waals surface area contributed by atoms with Gasteiger partial charge in [0.25, 0.3) is 0 Å². The van der Waals surface area contributed by atoms with E-state index >= 15 is 0 Å². The summed E-state index contributed by atoms with van der Waals surface area (Å²) in [6, 6.07) is 13.7. The first-order valence-electron chi connectivity index (χ1n) is 9.05. The van der Waals surface area contributed by atoms with E-state index in [4.69, 9.17) is 9.47 Å². The Bertz CT molecular complexity index is 801. The lowest BCUT2D eigenvalue weighted by molar-refractivity contribution is -0.117. The van der Waals surface area contributed by atoms with Crippen molar-refractivity contribution in [3.8, 4) is 11.5 Å². The molecule has 144 valence electrons. The smallest absolute Gasteiger partial charge is 0.244 e. The maximum Gasteiger partial charge on any atom is 0.244 e. The molecule has 2 rings (SSSR count). The van der Waals surface area contributed by atoms with Gasteiger partial charge in [0.05, 0.1) is 20.3 Å². The molecule has 2 aromatic rings. The lowest BCUT2D eigenvalue weighted by Crippen LogP contribution is -2.24. The molecule has 0 saturated heterocycles. The van der Waals surface area contributed by atoms with Crippen LogP contribution in [0.25, 0.3) is 6.08 Å². The lowest BCUT2D eigenvalue weighted by atomic mass is 9.87. The molecule has 0 unspecified atom stereocenters. The molecule has 0 heterocycles. The molecule has 1 atom stereocenters. The first-order chi connectivity index (χ1) is 12.7. The summed E-state index contributed by atoms with van der Waals surface area (Å²) in [5, 5.41) is 2.97. The Morgan fingerprint density at radius 2 is 1.63 bits per heavy atom. The maximum absolute atomic E-state index is 12.3. The van der Waals surface area contributed by atoms with Gasteiger partial charge in [-0.05, 0) is 47.2 Å². The Morgan fingerprint density at radius 1 is 1.00 bits per heavy atom. The Hall–Kier alpha value is -2.75. The minimum Gasteiger partial charge on any atom is -0.493 e. The van der Waals surface area contributed by atoms with Crippen molar-refractivity contribution in [1.82, 2.24) is 5.32 Å². The van der Waals surface area contributed by atoms with Crippen molar-refractivity contribution in [1.29, 1.82) is 0 Å². The van der Waals surface area contributed by atoms with E-state index in [0.29, 0.717) is 11.5 Å². The number of hydrogen-bond acceptors (Lipinski definition) is 3. The molecule has 1 N–H and O–H groups in total. The Morgan fingerprint density at radius 3 is 2.19 bits per heavy atom. The van der Waals surface area contributed by atoms with Crippen LogP contribution >= 0.6 is 0 Å². The molecule has 0 aliphatic rings. The normalized spacial score (nSPS) is 12.7. The van der Waals surface area contributed by atoms with Crippen LogP contribution in [0.4, 0.5) is 0 Å². The average molecular weight is 367 g/mol. The van der Waals surface area contributed by atoms with Crippen molar-refractivity contribution in [3.05, 3.63) is 65.2 Å². The van der Waals surface area contributed by atoms with Crippen molar-refractivity contribution in [3.63, 3.8) is 0 Å². The second kappa shape index (κ2) is 8.76. The highest BCUT2D eigenvalue weighted by atomic mass is 16.5. The molecule has 27 heavy (non-hydrogen) atoms. The molecule has 0 aliphatic heterocycles. The SMILES string of the molecule is COc1ccc([C@@H](C)NC(=O)/C=C/c2ccc(C(C)(C)C)cc2)cc1OC. The fourth-order valence-corrected chi connectivity index (χ4v) is 2.73. The minimum atomic E-state index is -0.148. The highest BCUT2D eigenvalue weighted by Gasteiger charge is 2.13. The second-order valence-electron chi connectivity index (χ2n) is 7.55. The minimum absolute atomic E-state index is 0.120. The van der Waals surface area contributed by atoms with E-state index in [-0.39, 0.29) is 17.4 Å². The van der Waals surface area contributed by atoms with Gasteiger partial charge in [0.2, 0.25) is 5.91 Å². The maximum atomic E-state index is 12.3. The number of ether oxygens (including phenoxy) is 2. The van der Waals surface area contributed by atoms with Crippen LogP contribution < -0.4 is 14.8 Å². The van der Waals surface area contributed by atoms with Crippen molar-refractivity contribution in [2.75, 3.05) is 14.2 Å². The van der Waals surface area contributed by atoms with Crippen LogP contribution in [0, 0.1) is 0 Å². The van der Waals surface area contributed by atoms with Gasteiger partial charge in [0, 0.05) is 6.08 Å². The summed E-state index contributed by atoms with van der Waals surface area (Å²) in [6.07, 6.45) is 3.38. The molecule has 0 fully saturated rings. The second-order valence-corrected chi connectivity index (χ2v) is 7.55. The van der Waals surface area contributed by atoms with Gasteiger partial charge in [-0.25, -0.2) is 0 Å². The first kappa shape index (κ1) is 20.6. The highest BCUT2D eigenvalue weighted by Crippen LogP contribution is 2.29. The van der Waals surface area contributed by atoms with E-state index in [1.807, 2.05) is 43.3 Å². The van der Waals surface area contributed by atoms with Crippen molar-refractivity contribution < 1.29 is 14.3 Å². The number of methoxy groups -OCH3 is 2. The van der Waals surface area contributed by atoms with Gasteiger partial charge in [-0.3, -0.25) is 4.79 Å². The number of amides is 1. The van der Waals surface area contributed by atoms with Crippen LogP contribution in [0.5, 0.6) is 11.5 Å². The fraction of sp³-hybridized carbons (Fsp3) is 0.348. The molecule has 0 bridgehead atoms. The lowest BCUT2D eigenvalue weighted by Gasteiger charge is -2.18. The van der Waals surface area contributed by atoms with E-state index in [1.165, 1.54) is 5.56 Å². The number of benzene rings is 2. The third kappa shape index (κ3) is 5.61. The molecule has 0 aromatic heterocycles. The van der Waals surface area contributed by atoms with Gasteiger partial charge >= 0.3 is 0 Å². The zero-order valence-electron chi connectivity index (χ0n) is 17.0. The van der Waals surface area contributed by atoms with E-state index in [1.54, 1.807) is 20.3 Å². The monoisotopic (exact) mass is 367 g/mol. The summed E-state index contributed by atoms with van der Waals surface area (Å²) >= 11 is 0. The van der Waals surface area contributed by atoms with Crippen LogP contribution in [0.3, 0.4) is 0 Å². The number of carbonyl (C=O) groups is 1. The summed E-state index contributed by atoms with van der Waals surface area (Å²) in [7, 11) is 3.19. The zero-order valence-corrected chi connectivity index (χ0v) is 17.0. The standard InChI is InChI=1S/C23H29NO3/c1-16(18-10-13-20(26-5)21(15-18)27-6)24-22(25)14-9-17-7-11-19(12-8-17)23(2,3)4/h7-16H,1-6H3,(H,24,25)/b14-9+/t16-/m1/s1. The molecule has 1 amide bonds. The quantitative estimate of drug-likeness (QED) is 0.739. The van der Waals surface area contributed by atoms with E-state index in [0.717, 1.165) is 11.1 Å². The third-order valence-corrected chi connectivity index (χ3v) is 4.47. The zero-order chi connectivity index (χ0) is 20.0. The molecule has 4 nitrogen and oxygen atoms in total. The summed E-state index contributed by atoms with van der Waals surface area (Å²) < 4.78 is 10.6. The van der Waals surface area contributed by atoms with Crippen molar-refractivity contribution >= 4 is 12.0 Å². The van der Waals surface area contributed by atoms with Gasteiger partial charge in [0.15, 0.2) is 11.5 Å². The van der Waals surface area contributed by atoms with E-state index in [2.05, 4.69) is 38.2 Å². The summed E-state index contributed by atoms with van der Waals surface area (Å²) in [6.45, 7) is 8.48. The number of nitrogens with one attached hydrogen (secondary N) is 1. The van der Waals surface area contributed by atoms with Crippen LogP contribution in [0.15, 0.2) is 48.5 Å². The largest absolute Gasteiger partial charge is 0.493 e. The summed E-state index contributed by atoms with van der Waals surface area (Å²) in [5.41, 5.74) is 3.33. The Labute approximate surface area is 162 Å². The van der Waals surface area contributed by atoms with Crippen molar-refractivity contribution in [2.24, 2.45) is 0 Å². The molecular weight excluding hydrogens is 338 g/mol. The van der Waals surface area contributed by atoms with Gasteiger partial charge in [-0.15, -0.1) is 0 Å². The van der Waals surface area contributed by atoms with Crippen LogP contribution in [-0.2, 0) is 10.2 Å². The Balaban J connectivity index is 2.01. The van der Waals surface area contributed by atoms with Gasteiger partial charge in [-0.1, -0.05) is 51.1 Å². The number of hydrogen-bond donors (Lipinski definition) is 1. The summed E-state index contributed by atoms with van der Waals surface area (Å²) in [4.78, 5) is 12.3. The predicted octanol–water partition coefficient (Wildman–Crippen LogP) is 4.89. The fourth-order valence-electron chi connectivity index (χ4n) is 2.73. The molecule has 0 saturated carbocycles. The van der Waals surface area contributed by atoms with E-state index < -0.39 is 0 Å². The topological polar surface area (TPSA) is 47.6 Å². The molecule has 4 heteroatoms. The average Bonchev–Trinajstić information content (AvgIpc) is 2.65. The van der Waals surface area contributed by atoms with Crippen LogP contribution in [0.2, 0.25) is 0 Å². The van der Waals surface area contributed by atoms with Gasteiger partial charge in [0.1, 0.15) is 0 Å². The number of carbonyl (C=O) groups excluding carboxylic acids is 1. The molecule has 0 aliphatic carbocycles. The van der Waals surface area contributed by atoms with Gasteiger partial charge < -0.3 is 14.8 Å². The van der Waals surface area contributed by atoms with Crippen LogP contribution in [-0.4, -0.2) is 20.1 Å². The highest BCUT2D eigenvalue weighted by molar-refractivity contribution is 5.92. The summed E-state index contributed by atoms with van der Waals surface area (Å²) in [5.74, 6) is 1.17. The molecular formula is C23H29NO3. The van der Waals surface area contributed by atoms with Gasteiger partial charge in [-0.2, -0.15) is 0 Å². The Kier molecular flexibility index (Phi) is 6.67. The first-order valence-corrected chi connectivity index (χ1v) is 9.05. The van der Waals surface area contributed by atoms with Crippen molar-refractivity contribution in [2.45, 2.75) is 39.2 Å². The molecule has 2 aromatic carbocycles. The third-order valence-electron chi connectivity index (χ3n) is 4.47. The molecule has 0 radical (unpaired) electrons. The van der Waals surface area contributed by atoms with Crippen LogP contribution in [0.1, 0.15) is 50.4 Å². The van der Waals surface area contributed by atoms with E-state index in [9.17, 15) is 4.79 Å². The molecule has 0 spiro atoms.